The largest absolute Gasteiger partial charge is 0.466 e. The second-order valence-corrected chi connectivity index (χ2v) is 4.88. The Hall–Kier alpha value is -0.870. The van der Waals surface area contributed by atoms with E-state index in [4.69, 9.17) is 9.47 Å². The van der Waals surface area contributed by atoms with Crippen molar-refractivity contribution in [2.24, 2.45) is 0 Å². The standard InChI is InChI=1S/C13H15BrO3/c1-2-16-13(15)8-12-11-4-3-10(14)7-9(11)5-6-17-12/h3-4,7,12H,2,5-6,8H2,1H3/t12-/m0/s1. The number of rotatable bonds is 3. The number of hydrogen-bond acceptors (Lipinski definition) is 3. The zero-order chi connectivity index (χ0) is 12.3. The van der Waals surface area contributed by atoms with Gasteiger partial charge in [0.15, 0.2) is 0 Å². The summed E-state index contributed by atoms with van der Waals surface area (Å²) in [5.74, 6) is -0.201. The molecule has 1 atom stereocenters. The number of halogens is 1. The minimum Gasteiger partial charge on any atom is -0.466 e. The van der Waals surface area contributed by atoms with E-state index in [9.17, 15) is 4.79 Å². The maximum absolute atomic E-state index is 11.5. The molecule has 0 amide bonds. The summed E-state index contributed by atoms with van der Waals surface area (Å²) in [5, 5.41) is 0. The minimum atomic E-state index is -0.201. The van der Waals surface area contributed by atoms with Crippen LogP contribution in [0.25, 0.3) is 0 Å². The number of esters is 1. The molecule has 92 valence electrons. The number of carbonyl (C=O) groups is 1. The van der Waals surface area contributed by atoms with Crippen LogP contribution < -0.4 is 0 Å². The molecule has 0 aliphatic carbocycles. The molecule has 0 saturated heterocycles. The smallest absolute Gasteiger partial charge is 0.308 e. The lowest BCUT2D eigenvalue weighted by atomic mass is 9.96. The van der Waals surface area contributed by atoms with Crippen molar-refractivity contribution >= 4 is 21.9 Å². The van der Waals surface area contributed by atoms with Crippen molar-refractivity contribution in [1.29, 1.82) is 0 Å². The first-order valence-corrected chi connectivity index (χ1v) is 6.55. The van der Waals surface area contributed by atoms with Crippen molar-refractivity contribution < 1.29 is 14.3 Å². The van der Waals surface area contributed by atoms with Crippen molar-refractivity contribution in [1.82, 2.24) is 0 Å². The van der Waals surface area contributed by atoms with E-state index in [0.717, 1.165) is 16.5 Å². The predicted molar refractivity (Wildman–Crippen MR) is 67.8 cm³/mol. The van der Waals surface area contributed by atoms with Gasteiger partial charge in [0.2, 0.25) is 0 Å². The van der Waals surface area contributed by atoms with Gasteiger partial charge in [0.05, 0.1) is 25.7 Å². The Morgan fingerprint density at radius 2 is 2.41 bits per heavy atom. The molecule has 17 heavy (non-hydrogen) atoms. The highest BCUT2D eigenvalue weighted by molar-refractivity contribution is 9.10. The van der Waals surface area contributed by atoms with Gasteiger partial charge in [-0.25, -0.2) is 0 Å². The summed E-state index contributed by atoms with van der Waals surface area (Å²) in [5.41, 5.74) is 2.35. The van der Waals surface area contributed by atoms with Gasteiger partial charge in [0.25, 0.3) is 0 Å². The molecule has 4 heteroatoms. The van der Waals surface area contributed by atoms with Gasteiger partial charge in [0.1, 0.15) is 0 Å². The van der Waals surface area contributed by atoms with Crippen LogP contribution in [0, 0.1) is 0 Å². The molecule has 0 spiro atoms. The van der Waals surface area contributed by atoms with Crippen LogP contribution in [0.4, 0.5) is 0 Å². The third-order valence-corrected chi connectivity index (χ3v) is 3.29. The Morgan fingerprint density at radius 1 is 1.59 bits per heavy atom. The lowest BCUT2D eigenvalue weighted by Gasteiger charge is -2.25. The Morgan fingerprint density at radius 3 is 3.18 bits per heavy atom. The quantitative estimate of drug-likeness (QED) is 0.805. The first-order chi connectivity index (χ1) is 8.20. The van der Waals surface area contributed by atoms with E-state index in [1.54, 1.807) is 0 Å². The van der Waals surface area contributed by atoms with Crippen LogP contribution in [0.2, 0.25) is 0 Å². The highest BCUT2D eigenvalue weighted by Gasteiger charge is 2.23. The SMILES string of the molecule is CCOC(=O)C[C@@H]1OCCc2cc(Br)ccc21. The molecule has 0 bridgehead atoms. The molecule has 0 aromatic heterocycles. The van der Waals surface area contributed by atoms with Crippen LogP contribution in [0.5, 0.6) is 0 Å². The number of fused-ring (bicyclic) bond motifs is 1. The first kappa shape index (κ1) is 12.6. The molecule has 0 unspecified atom stereocenters. The monoisotopic (exact) mass is 298 g/mol. The van der Waals surface area contributed by atoms with E-state index in [2.05, 4.69) is 22.0 Å². The summed E-state index contributed by atoms with van der Waals surface area (Å²) >= 11 is 3.45. The number of hydrogen-bond donors (Lipinski definition) is 0. The summed E-state index contributed by atoms with van der Waals surface area (Å²) in [6.07, 6.45) is 1.03. The van der Waals surface area contributed by atoms with E-state index < -0.39 is 0 Å². The van der Waals surface area contributed by atoms with Crippen LogP contribution in [0.3, 0.4) is 0 Å². The Balaban J connectivity index is 2.14. The first-order valence-electron chi connectivity index (χ1n) is 5.76. The Labute approximate surface area is 109 Å². The summed E-state index contributed by atoms with van der Waals surface area (Å²) in [6, 6.07) is 6.09. The van der Waals surface area contributed by atoms with Crippen LogP contribution in [0.15, 0.2) is 22.7 Å². The molecule has 1 heterocycles. The lowest BCUT2D eigenvalue weighted by molar-refractivity contribution is -0.146. The van der Waals surface area contributed by atoms with E-state index >= 15 is 0 Å². The zero-order valence-electron chi connectivity index (χ0n) is 9.74. The molecule has 2 rings (SSSR count). The second kappa shape index (κ2) is 5.65. The molecular formula is C13H15BrO3. The van der Waals surface area contributed by atoms with Gasteiger partial charge in [-0.1, -0.05) is 22.0 Å². The minimum absolute atomic E-state index is 0.161. The molecule has 3 nitrogen and oxygen atoms in total. The average Bonchev–Trinajstić information content (AvgIpc) is 2.29. The summed E-state index contributed by atoms with van der Waals surface area (Å²) in [6.45, 7) is 2.89. The van der Waals surface area contributed by atoms with Crippen molar-refractivity contribution in [3.05, 3.63) is 33.8 Å². The predicted octanol–water partition coefficient (Wildman–Crippen LogP) is 3.02. The van der Waals surface area contributed by atoms with Gasteiger partial charge >= 0.3 is 5.97 Å². The second-order valence-electron chi connectivity index (χ2n) is 3.96. The molecule has 0 fully saturated rings. The lowest BCUT2D eigenvalue weighted by Crippen LogP contribution is -2.20. The number of ether oxygens (including phenoxy) is 2. The van der Waals surface area contributed by atoms with Crippen molar-refractivity contribution in [2.75, 3.05) is 13.2 Å². The molecular weight excluding hydrogens is 284 g/mol. The van der Waals surface area contributed by atoms with Gasteiger partial charge in [-0.05, 0) is 36.6 Å². The maximum atomic E-state index is 11.5. The Kier molecular flexibility index (Phi) is 4.18. The highest BCUT2D eigenvalue weighted by atomic mass is 79.9. The van der Waals surface area contributed by atoms with Crippen molar-refractivity contribution in [3.8, 4) is 0 Å². The number of benzene rings is 1. The zero-order valence-corrected chi connectivity index (χ0v) is 11.3. The normalized spacial score (nSPS) is 18.6. The van der Waals surface area contributed by atoms with Crippen LogP contribution in [0.1, 0.15) is 30.6 Å². The summed E-state index contributed by atoms with van der Waals surface area (Å²) in [4.78, 5) is 11.5. The fourth-order valence-electron chi connectivity index (χ4n) is 2.05. The van der Waals surface area contributed by atoms with E-state index in [1.807, 2.05) is 19.1 Å². The van der Waals surface area contributed by atoms with Gasteiger partial charge < -0.3 is 9.47 Å². The van der Waals surface area contributed by atoms with Gasteiger partial charge in [0, 0.05) is 4.47 Å². The van der Waals surface area contributed by atoms with Crippen LogP contribution >= 0.6 is 15.9 Å². The number of carbonyl (C=O) groups excluding carboxylic acids is 1. The summed E-state index contributed by atoms with van der Waals surface area (Å²) < 4.78 is 11.7. The molecule has 1 aromatic carbocycles. The van der Waals surface area contributed by atoms with Crippen molar-refractivity contribution in [2.45, 2.75) is 25.9 Å². The molecule has 0 radical (unpaired) electrons. The van der Waals surface area contributed by atoms with Crippen LogP contribution in [-0.2, 0) is 20.7 Å². The highest BCUT2D eigenvalue weighted by Crippen LogP contribution is 2.31. The van der Waals surface area contributed by atoms with Gasteiger partial charge in [-0.2, -0.15) is 0 Å². The topological polar surface area (TPSA) is 35.5 Å². The van der Waals surface area contributed by atoms with E-state index in [0.29, 0.717) is 19.6 Å². The third kappa shape index (κ3) is 3.07. The van der Waals surface area contributed by atoms with Gasteiger partial charge in [-0.15, -0.1) is 0 Å². The average molecular weight is 299 g/mol. The Bertz CT molecular complexity index is 417. The molecule has 1 aliphatic heterocycles. The molecule has 0 N–H and O–H groups in total. The molecule has 1 aromatic rings. The molecule has 1 aliphatic rings. The van der Waals surface area contributed by atoms with E-state index in [1.165, 1.54) is 5.56 Å². The molecule has 0 saturated carbocycles. The van der Waals surface area contributed by atoms with Crippen molar-refractivity contribution in [3.63, 3.8) is 0 Å². The summed E-state index contributed by atoms with van der Waals surface area (Å²) in [7, 11) is 0. The fourth-order valence-corrected chi connectivity index (χ4v) is 2.45. The fraction of sp³-hybridized carbons (Fsp3) is 0.462. The third-order valence-electron chi connectivity index (χ3n) is 2.80. The van der Waals surface area contributed by atoms with Gasteiger partial charge in [-0.3, -0.25) is 4.79 Å². The van der Waals surface area contributed by atoms with E-state index in [-0.39, 0.29) is 12.1 Å². The maximum Gasteiger partial charge on any atom is 0.308 e. The van der Waals surface area contributed by atoms with Crippen LogP contribution in [-0.4, -0.2) is 19.2 Å².